The highest BCUT2D eigenvalue weighted by atomic mass is 79.9. The molecule has 0 aliphatic carbocycles. The fourth-order valence-corrected chi connectivity index (χ4v) is 2.30. The van der Waals surface area contributed by atoms with Crippen LogP contribution in [0.2, 0.25) is 0 Å². The lowest BCUT2D eigenvalue weighted by atomic mass is 9.91. The Morgan fingerprint density at radius 2 is 2.11 bits per heavy atom. The van der Waals surface area contributed by atoms with Crippen molar-refractivity contribution in [1.82, 2.24) is 4.90 Å². The second kappa shape index (κ2) is 6.06. The zero-order valence-electron chi connectivity index (χ0n) is 9.63. The number of carboxylic acids is 1. The fraction of sp³-hybridized carbons (Fsp3) is 0.545. The zero-order valence-corrected chi connectivity index (χ0v) is 12.0. The summed E-state index contributed by atoms with van der Waals surface area (Å²) in [5.41, 5.74) is -1.56. The van der Waals surface area contributed by atoms with Crippen molar-refractivity contribution < 1.29 is 19.4 Å². The molecule has 18 heavy (non-hydrogen) atoms. The molecule has 1 aromatic heterocycles. The third-order valence-corrected chi connectivity index (χ3v) is 3.50. The average molecular weight is 341 g/mol. The van der Waals surface area contributed by atoms with Crippen LogP contribution < -0.4 is 0 Å². The number of hydrogen-bond acceptors (Lipinski definition) is 4. The third-order valence-electron chi connectivity index (χ3n) is 3.08. The molecule has 1 saturated heterocycles. The van der Waals surface area contributed by atoms with E-state index in [4.69, 9.17) is 9.52 Å². The molecule has 0 unspecified atom stereocenters. The van der Waals surface area contributed by atoms with E-state index in [0.29, 0.717) is 19.6 Å². The molecule has 1 fully saturated rings. The van der Waals surface area contributed by atoms with Gasteiger partial charge in [-0.15, -0.1) is 12.4 Å². The molecule has 2 heterocycles. The van der Waals surface area contributed by atoms with Crippen LogP contribution in [0.1, 0.15) is 18.6 Å². The van der Waals surface area contributed by atoms with Crippen molar-refractivity contribution in [3.8, 4) is 0 Å². The van der Waals surface area contributed by atoms with Gasteiger partial charge >= 0.3 is 5.97 Å². The van der Waals surface area contributed by atoms with Crippen molar-refractivity contribution in [3.63, 3.8) is 0 Å². The number of carboxylic acid groups (broad SMARTS) is 1. The molecule has 1 aliphatic heterocycles. The SMILES string of the molecule is Cl.O=C(O)C1(O)CCN(Cc2cc(Br)co2)CC1. The van der Waals surface area contributed by atoms with Crippen LogP contribution >= 0.6 is 28.3 Å². The van der Waals surface area contributed by atoms with E-state index in [1.54, 1.807) is 6.26 Å². The molecule has 0 saturated carbocycles. The molecule has 7 heteroatoms. The fourth-order valence-electron chi connectivity index (χ4n) is 1.95. The number of nitrogens with zero attached hydrogens (tertiary/aromatic N) is 1. The molecule has 5 nitrogen and oxygen atoms in total. The summed E-state index contributed by atoms with van der Waals surface area (Å²) in [5.74, 6) is -0.296. The summed E-state index contributed by atoms with van der Waals surface area (Å²) in [6, 6.07) is 1.89. The Morgan fingerprint density at radius 1 is 1.50 bits per heavy atom. The number of aliphatic carboxylic acids is 1. The van der Waals surface area contributed by atoms with E-state index in [2.05, 4.69) is 20.8 Å². The Morgan fingerprint density at radius 3 is 2.56 bits per heavy atom. The van der Waals surface area contributed by atoms with Gasteiger partial charge in [0.15, 0.2) is 5.60 Å². The molecular formula is C11H15BrClNO4. The minimum atomic E-state index is -1.56. The molecule has 0 radical (unpaired) electrons. The lowest BCUT2D eigenvalue weighted by molar-refractivity contribution is -0.163. The molecule has 2 rings (SSSR count). The number of aliphatic hydroxyl groups is 1. The Kier molecular flexibility index (Phi) is 5.21. The minimum absolute atomic E-state index is 0. The zero-order chi connectivity index (χ0) is 12.5. The summed E-state index contributed by atoms with van der Waals surface area (Å²) in [5, 5.41) is 18.7. The molecular weight excluding hydrogens is 325 g/mol. The Bertz CT molecular complexity index is 415. The smallest absolute Gasteiger partial charge is 0.335 e. The first-order valence-electron chi connectivity index (χ1n) is 5.41. The van der Waals surface area contributed by atoms with Gasteiger partial charge in [0.25, 0.3) is 0 Å². The van der Waals surface area contributed by atoms with Gasteiger partial charge in [-0.05, 0) is 34.8 Å². The van der Waals surface area contributed by atoms with Crippen LogP contribution in [-0.2, 0) is 11.3 Å². The Balaban J connectivity index is 0.00000162. The second-order valence-electron chi connectivity index (χ2n) is 4.34. The normalized spacial score (nSPS) is 19.2. The van der Waals surface area contributed by atoms with Crippen LogP contribution in [0.5, 0.6) is 0 Å². The predicted molar refractivity (Wildman–Crippen MR) is 70.8 cm³/mol. The van der Waals surface area contributed by atoms with Crippen molar-refractivity contribution in [3.05, 3.63) is 22.6 Å². The van der Waals surface area contributed by atoms with Crippen LogP contribution in [0.4, 0.5) is 0 Å². The summed E-state index contributed by atoms with van der Waals surface area (Å²) in [6.45, 7) is 1.75. The van der Waals surface area contributed by atoms with Gasteiger partial charge in [0.05, 0.1) is 11.0 Å². The number of likely N-dealkylation sites (tertiary alicyclic amines) is 1. The molecule has 0 aromatic carbocycles. The highest BCUT2D eigenvalue weighted by Gasteiger charge is 2.39. The van der Waals surface area contributed by atoms with Crippen LogP contribution in [0.25, 0.3) is 0 Å². The molecule has 1 aliphatic rings. The maximum atomic E-state index is 10.9. The van der Waals surface area contributed by atoms with Gasteiger partial charge in [-0.2, -0.15) is 0 Å². The largest absolute Gasteiger partial charge is 0.479 e. The van der Waals surface area contributed by atoms with Gasteiger partial charge in [-0.1, -0.05) is 0 Å². The summed E-state index contributed by atoms with van der Waals surface area (Å²) in [7, 11) is 0. The van der Waals surface area contributed by atoms with Crippen LogP contribution in [0.3, 0.4) is 0 Å². The van der Waals surface area contributed by atoms with Gasteiger partial charge in [0.2, 0.25) is 0 Å². The van der Waals surface area contributed by atoms with Gasteiger partial charge in [-0.25, -0.2) is 4.79 Å². The van der Waals surface area contributed by atoms with E-state index in [0.717, 1.165) is 10.2 Å². The highest BCUT2D eigenvalue weighted by Crippen LogP contribution is 2.24. The quantitative estimate of drug-likeness (QED) is 0.879. The number of halogens is 2. The van der Waals surface area contributed by atoms with Crippen LogP contribution in [-0.4, -0.2) is 39.8 Å². The van der Waals surface area contributed by atoms with Crippen molar-refractivity contribution in [2.45, 2.75) is 25.0 Å². The highest BCUT2D eigenvalue weighted by molar-refractivity contribution is 9.10. The lowest BCUT2D eigenvalue weighted by Crippen LogP contribution is -2.49. The first-order valence-corrected chi connectivity index (χ1v) is 6.20. The van der Waals surface area contributed by atoms with E-state index in [1.807, 2.05) is 6.07 Å². The van der Waals surface area contributed by atoms with Crippen molar-refractivity contribution >= 4 is 34.3 Å². The number of rotatable bonds is 3. The molecule has 0 bridgehead atoms. The number of hydrogen-bond donors (Lipinski definition) is 2. The summed E-state index contributed by atoms with van der Waals surface area (Å²) >= 11 is 3.30. The average Bonchev–Trinajstić information content (AvgIpc) is 2.67. The van der Waals surface area contributed by atoms with Crippen molar-refractivity contribution in [2.24, 2.45) is 0 Å². The molecule has 2 N–H and O–H groups in total. The monoisotopic (exact) mass is 339 g/mol. The number of carbonyl (C=O) groups is 1. The van der Waals surface area contributed by atoms with Gasteiger partial charge in [0.1, 0.15) is 12.0 Å². The molecule has 1 aromatic rings. The van der Waals surface area contributed by atoms with Gasteiger partial charge < -0.3 is 14.6 Å². The summed E-state index contributed by atoms with van der Waals surface area (Å²) in [6.07, 6.45) is 2.13. The summed E-state index contributed by atoms with van der Waals surface area (Å²) < 4.78 is 6.19. The summed E-state index contributed by atoms with van der Waals surface area (Å²) in [4.78, 5) is 12.9. The standard InChI is InChI=1S/C11H14BrNO4.ClH/c12-8-5-9(17-7-8)6-13-3-1-11(16,2-4-13)10(14)15;/h5,7,16H,1-4,6H2,(H,14,15);1H. The van der Waals surface area contributed by atoms with Gasteiger partial charge in [-0.3, -0.25) is 4.90 Å². The molecule has 0 atom stereocenters. The van der Waals surface area contributed by atoms with E-state index < -0.39 is 11.6 Å². The van der Waals surface area contributed by atoms with Gasteiger partial charge in [0, 0.05) is 13.1 Å². The first kappa shape index (κ1) is 15.5. The Hall–Kier alpha value is -0.560. The van der Waals surface area contributed by atoms with E-state index in [-0.39, 0.29) is 25.2 Å². The van der Waals surface area contributed by atoms with Crippen LogP contribution in [0, 0.1) is 0 Å². The lowest BCUT2D eigenvalue weighted by Gasteiger charge is -2.34. The molecule has 102 valence electrons. The number of furan rings is 1. The minimum Gasteiger partial charge on any atom is -0.479 e. The van der Waals surface area contributed by atoms with Crippen molar-refractivity contribution in [2.75, 3.05) is 13.1 Å². The maximum absolute atomic E-state index is 10.9. The van der Waals surface area contributed by atoms with E-state index in [9.17, 15) is 9.90 Å². The topological polar surface area (TPSA) is 73.9 Å². The van der Waals surface area contributed by atoms with Crippen LogP contribution in [0.15, 0.2) is 21.2 Å². The molecule has 0 amide bonds. The van der Waals surface area contributed by atoms with Crippen molar-refractivity contribution in [1.29, 1.82) is 0 Å². The first-order chi connectivity index (χ1) is 7.99. The maximum Gasteiger partial charge on any atom is 0.335 e. The van der Waals surface area contributed by atoms with E-state index in [1.165, 1.54) is 0 Å². The second-order valence-corrected chi connectivity index (χ2v) is 5.26. The van der Waals surface area contributed by atoms with E-state index >= 15 is 0 Å². The Labute approximate surface area is 119 Å². The molecule has 0 spiro atoms. The number of piperidine rings is 1. The predicted octanol–water partition coefficient (Wildman–Crippen LogP) is 1.88. The third kappa shape index (κ3) is 3.47.